The predicted molar refractivity (Wildman–Crippen MR) is 132 cm³/mol. The number of imidazole rings is 1. The highest BCUT2D eigenvalue weighted by molar-refractivity contribution is 5.82. The minimum Gasteiger partial charge on any atom is -0.342 e. The molecule has 0 bridgehead atoms. The van der Waals surface area contributed by atoms with Gasteiger partial charge in [-0.05, 0) is 91.6 Å². The number of pyridine rings is 1. The van der Waals surface area contributed by atoms with Crippen LogP contribution >= 0.6 is 0 Å². The van der Waals surface area contributed by atoms with E-state index in [1.54, 1.807) is 24.5 Å². The number of hydrogen-bond donors (Lipinski definition) is 1. The molecule has 5 nitrogen and oxygen atoms in total. The third kappa shape index (κ3) is 3.83. The van der Waals surface area contributed by atoms with Crippen LogP contribution in [-0.4, -0.2) is 24.9 Å². The molecule has 0 spiro atoms. The van der Waals surface area contributed by atoms with E-state index in [0.29, 0.717) is 23.6 Å². The largest absolute Gasteiger partial charge is 0.342 e. The van der Waals surface area contributed by atoms with E-state index >= 15 is 0 Å². The Kier molecular flexibility index (Phi) is 5.28. The molecule has 5 aromatic rings. The van der Waals surface area contributed by atoms with Crippen LogP contribution in [0, 0.1) is 11.7 Å². The fraction of sp³-hybridized carbons (Fsp3) is 0.286. The number of hydrogen-bond acceptors (Lipinski definition) is 4. The molecule has 0 amide bonds. The summed E-state index contributed by atoms with van der Waals surface area (Å²) in [5, 5.41) is 0.953. The molecule has 1 N–H and O–H groups in total. The van der Waals surface area contributed by atoms with Gasteiger partial charge in [-0.1, -0.05) is 6.92 Å². The number of halogens is 1. The van der Waals surface area contributed by atoms with Crippen LogP contribution in [0.15, 0.2) is 67.1 Å². The summed E-state index contributed by atoms with van der Waals surface area (Å²) in [6, 6.07) is 15.0. The number of fused-ring (bicyclic) bond motifs is 2. The van der Waals surface area contributed by atoms with Gasteiger partial charge in [-0.25, -0.2) is 19.3 Å². The van der Waals surface area contributed by atoms with Gasteiger partial charge >= 0.3 is 0 Å². The summed E-state index contributed by atoms with van der Waals surface area (Å²) in [7, 11) is 0. The average Bonchev–Trinajstić information content (AvgIpc) is 3.32. The molecule has 1 fully saturated rings. The minimum absolute atomic E-state index is 0.198. The maximum absolute atomic E-state index is 13.9. The lowest BCUT2D eigenvalue weighted by Crippen LogP contribution is -2.19. The summed E-state index contributed by atoms with van der Waals surface area (Å²) in [5.74, 6) is 2.91. The second-order valence-electron chi connectivity index (χ2n) is 9.39. The van der Waals surface area contributed by atoms with Crippen molar-refractivity contribution in [3.8, 4) is 11.4 Å². The van der Waals surface area contributed by atoms with Gasteiger partial charge in [-0.3, -0.25) is 4.98 Å². The smallest absolute Gasteiger partial charge is 0.159 e. The number of rotatable bonds is 4. The molecule has 3 aromatic heterocycles. The van der Waals surface area contributed by atoms with Gasteiger partial charge in [0.1, 0.15) is 11.6 Å². The molecule has 6 heteroatoms. The molecule has 0 radical (unpaired) electrons. The van der Waals surface area contributed by atoms with Gasteiger partial charge in [-0.15, -0.1) is 0 Å². The molecule has 0 unspecified atom stereocenters. The number of aromatic amines is 1. The molecule has 1 atom stereocenters. The summed E-state index contributed by atoms with van der Waals surface area (Å²) in [6.07, 6.45) is 9.82. The average molecular weight is 452 g/mol. The third-order valence-electron chi connectivity index (χ3n) is 7.41. The van der Waals surface area contributed by atoms with Crippen LogP contribution in [0.1, 0.15) is 55.8 Å². The van der Waals surface area contributed by atoms with Crippen molar-refractivity contribution in [1.82, 2.24) is 24.9 Å². The van der Waals surface area contributed by atoms with Crippen LogP contribution in [0.25, 0.3) is 33.3 Å². The zero-order valence-corrected chi connectivity index (χ0v) is 19.1. The van der Waals surface area contributed by atoms with Gasteiger partial charge in [-0.2, -0.15) is 0 Å². The van der Waals surface area contributed by atoms with Crippen LogP contribution < -0.4 is 0 Å². The van der Waals surface area contributed by atoms with E-state index in [0.717, 1.165) is 59.0 Å². The first kappa shape index (κ1) is 20.9. The molecular formula is C28H26FN5. The molecule has 1 aliphatic rings. The van der Waals surface area contributed by atoms with Gasteiger partial charge < -0.3 is 4.98 Å². The second-order valence-corrected chi connectivity index (χ2v) is 9.39. The van der Waals surface area contributed by atoms with Gasteiger partial charge in [0.15, 0.2) is 5.82 Å². The Balaban J connectivity index is 1.19. The van der Waals surface area contributed by atoms with E-state index < -0.39 is 0 Å². The fourth-order valence-electron chi connectivity index (χ4n) is 5.48. The predicted octanol–water partition coefficient (Wildman–Crippen LogP) is 6.78. The summed E-state index contributed by atoms with van der Waals surface area (Å²) in [4.78, 5) is 21.6. The molecule has 1 aliphatic carbocycles. The first-order valence-corrected chi connectivity index (χ1v) is 12.0. The van der Waals surface area contributed by atoms with Gasteiger partial charge in [0, 0.05) is 35.5 Å². The van der Waals surface area contributed by atoms with Crippen LogP contribution in [0.3, 0.4) is 0 Å². The van der Waals surface area contributed by atoms with Crippen LogP contribution in [-0.2, 0) is 0 Å². The quantitative estimate of drug-likeness (QED) is 0.327. The summed E-state index contributed by atoms with van der Waals surface area (Å²) >= 11 is 0. The zero-order valence-electron chi connectivity index (χ0n) is 19.1. The van der Waals surface area contributed by atoms with Gasteiger partial charge in [0.2, 0.25) is 0 Å². The summed E-state index contributed by atoms with van der Waals surface area (Å²) in [5.41, 5.74) is 5.07. The second kappa shape index (κ2) is 8.60. The minimum atomic E-state index is -0.198. The molecule has 0 saturated heterocycles. The van der Waals surface area contributed by atoms with E-state index in [4.69, 9.17) is 4.98 Å². The van der Waals surface area contributed by atoms with Crippen molar-refractivity contribution >= 4 is 21.9 Å². The molecule has 0 aliphatic heterocycles. The van der Waals surface area contributed by atoms with E-state index in [1.165, 1.54) is 11.6 Å². The van der Waals surface area contributed by atoms with Crippen molar-refractivity contribution in [2.75, 3.05) is 0 Å². The van der Waals surface area contributed by atoms with Gasteiger partial charge in [0.05, 0.1) is 16.6 Å². The molecular weight excluding hydrogens is 425 g/mol. The van der Waals surface area contributed by atoms with Gasteiger partial charge in [0.25, 0.3) is 0 Å². The van der Waals surface area contributed by atoms with Crippen molar-refractivity contribution in [3.63, 3.8) is 0 Å². The molecule has 170 valence electrons. The Morgan fingerprint density at radius 3 is 2.53 bits per heavy atom. The number of H-pyrrole nitrogens is 1. The summed E-state index contributed by atoms with van der Waals surface area (Å²) < 4.78 is 13.9. The van der Waals surface area contributed by atoms with E-state index in [1.807, 2.05) is 18.3 Å². The van der Waals surface area contributed by atoms with Crippen molar-refractivity contribution < 1.29 is 4.39 Å². The maximum atomic E-state index is 13.9. The first-order chi connectivity index (χ1) is 16.7. The molecule has 6 rings (SSSR count). The first-order valence-electron chi connectivity index (χ1n) is 12.0. The van der Waals surface area contributed by atoms with Crippen LogP contribution in [0.4, 0.5) is 4.39 Å². The molecule has 34 heavy (non-hydrogen) atoms. The van der Waals surface area contributed by atoms with Crippen molar-refractivity contribution in [1.29, 1.82) is 0 Å². The number of aromatic nitrogens is 5. The Morgan fingerprint density at radius 1 is 0.882 bits per heavy atom. The van der Waals surface area contributed by atoms with E-state index in [-0.39, 0.29) is 5.82 Å². The van der Waals surface area contributed by atoms with E-state index in [2.05, 4.69) is 45.1 Å². The molecule has 2 aromatic carbocycles. The zero-order chi connectivity index (χ0) is 23.1. The topological polar surface area (TPSA) is 67.3 Å². The highest BCUT2D eigenvalue weighted by atomic mass is 19.1. The van der Waals surface area contributed by atoms with Crippen molar-refractivity contribution in [3.05, 3.63) is 84.3 Å². The lowest BCUT2D eigenvalue weighted by atomic mass is 9.73. The van der Waals surface area contributed by atoms with Crippen molar-refractivity contribution in [2.45, 2.75) is 44.4 Å². The number of benzene rings is 2. The van der Waals surface area contributed by atoms with E-state index in [9.17, 15) is 4.39 Å². The highest BCUT2D eigenvalue weighted by Gasteiger charge is 2.29. The lowest BCUT2D eigenvalue weighted by molar-refractivity contribution is 0.286. The summed E-state index contributed by atoms with van der Waals surface area (Å²) in [6.45, 7) is 2.28. The lowest BCUT2D eigenvalue weighted by Gasteiger charge is -2.32. The normalized spacial score (nSPS) is 19.5. The monoisotopic (exact) mass is 451 g/mol. The van der Waals surface area contributed by atoms with Crippen molar-refractivity contribution in [2.24, 2.45) is 5.92 Å². The molecule has 1 saturated carbocycles. The Bertz CT molecular complexity index is 1450. The van der Waals surface area contributed by atoms with Crippen LogP contribution in [0.5, 0.6) is 0 Å². The number of nitrogens with zero attached hydrogens (tertiary/aromatic N) is 4. The highest BCUT2D eigenvalue weighted by Crippen LogP contribution is 2.43. The fourth-order valence-corrected chi connectivity index (χ4v) is 5.48. The molecule has 3 heterocycles. The Hall–Kier alpha value is -3.67. The number of nitrogens with one attached hydrogen (secondary N) is 1. The maximum Gasteiger partial charge on any atom is 0.159 e. The van der Waals surface area contributed by atoms with Crippen LogP contribution in [0.2, 0.25) is 0 Å². The Morgan fingerprint density at radius 2 is 1.71 bits per heavy atom. The standard InChI is InChI=1S/C28H26FN5/c1-17(27-33-25-9-7-20(15-26(25)34-27)28-31-12-2-13-32-28)18-3-5-19(6-4-18)22-11-14-30-24-10-8-21(29)16-23(22)24/h2,7-19H,3-6H2,1H3,(H,33,34)/t17-,18-,19+/m1/s1. The SMILES string of the molecule is C[C@@H](c1nc2cc(-c3ncccn3)ccc2[nH]1)[C@H]1CC[C@@H](c2ccnc3ccc(F)cc32)CC1. The Labute approximate surface area is 197 Å². The third-order valence-corrected chi connectivity index (χ3v) is 7.41.